The van der Waals surface area contributed by atoms with E-state index in [9.17, 15) is 4.79 Å². The zero-order chi connectivity index (χ0) is 14.5. The van der Waals surface area contributed by atoms with Crippen LogP contribution in [0.1, 0.15) is 26.3 Å². The molecule has 0 fully saturated rings. The molecule has 1 amide bonds. The second-order valence-electron chi connectivity index (χ2n) is 4.99. The molecule has 0 bridgehead atoms. The van der Waals surface area contributed by atoms with Crippen molar-refractivity contribution in [3.63, 3.8) is 0 Å². The highest BCUT2D eigenvalue weighted by Gasteiger charge is 2.15. The summed E-state index contributed by atoms with van der Waals surface area (Å²) in [6.07, 6.45) is -0.287. The third-order valence-electron chi connectivity index (χ3n) is 2.02. The number of hydrogen-bond donors (Lipinski definition) is 2. The molecule has 0 aliphatic heterocycles. The van der Waals surface area contributed by atoms with Crippen LogP contribution in [0.2, 0.25) is 5.02 Å². The van der Waals surface area contributed by atoms with Gasteiger partial charge in [0.2, 0.25) is 0 Å². The van der Waals surface area contributed by atoms with Gasteiger partial charge in [-0.25, -0.2) is 10.2 Å². The van der Waals surface area contributed by atoms with Crippen molar-refractivity contribution in [2.24, 2.45) is 10.8 Å². The fourth-order valence-corrected chi connectivity index (χ4v) is 1.50. The maximum absolute atomic E-state index is 11.4. The molecule has 6 heteroatoms. The van der Waals surface area contributed by atoms with Crippen LogP contribution >= 0.6 is 11.6 Å². The van der Waals surface area contributed by atoms with E-state index in [0.29, 0.717) is 11.4 Å². The molecule has 0 radical (unpaired) electrons. The number of carbonyl (C=O) groups is 1. The molecular weight excluding hydrogens is 266 g/mol. The Hall–Kier alpha value is -1.75. The molecule has 0 aliphatic carbocycles. The second-order valence-corrected chi connectivity index (χ2v) is 5.39. The summed E-state index contributed by atoms with van der Waals surface area (Å²) < 4.78 is 5.02. The first-order chi connectivity index (χ1) is 8.78. The van der Waals surface area contributed by atoms with Crippen LogP contribution < -0.4 is 11.2 Å². The van der Waals surface area contributed by atoms with E-state index >= 15 is 0 Å². The molecule has 0 saturated carbocycles. The molecule has 104 valence electrons. The first kappa shape index (κ1) is 15.3. The van der Waals surface area contributed by atoms with E-state index in [2.05, 4.69) is 10.5 Å². The number of amidine groups is 1. The number of benzene rings is 1. The first-order valence-corrected chi connectivity index (χ1v) is 6.20. The zero-order valence-corrected chi connectivity index (χ0v) is 12.0. The predicted molar refractivity (Wildman–Crippen MR) is 76.1 cm³/mol. The van der Waals surface area contributed by atoms with Gasteiger partial charge in [0, 0.05) is 11.4 Å². The van der Waals surface area contributed by atoms with Crippen molar-refractivity contribution in [2.75, 3.05) is 0 Å². The van der Waals surface area contributed by atoms with Gasteiger partial charge in [0.05, 0.1) is 0 Å². The highest BCUT2D eigenvalue weighted by atomic mass is 35.5. The van der Waals surface area contributed by atoms with E-state index in [1.807, 2.05) is 18.2 Å². The van der Waals surface area contributed by atoms with E-state index in [1.165, 1.54) is 0 Å². The number of rotatable bonds is 3. The van der Waals surface area contributed by atoms with Crippen molar-refractivity contribution in [3.05, 3.63) is 34.9 Å². The fourth-order valence-electron chi connectivity index (χ4n) is 1.29. The topological polar surface area (TPSA) is 76.7 Å². The summed E-state index contributed by atoms with van der Waals surface area (Å²) in [4.78, 5) is 11.4. The number of ether oxygens (including phenoxy) is 1. The number of nitrogens with one attached hydrogen (secondary N) is 1. The number of nitrogens with zero attached hydrogens (tertiary/aromatic N) is 1. The lowest BCUT2D eigenvalue weighted by Crippen LogP contribution is -2.31. The Kier molecular flexibility index (Phi) is 5.18. The normalized spacial score (nSPS) is 12.1. The SMILES string of the molecule is CC(C)(C)OC(=O)N/N=C(/N)Cc1ccccc1Cl. The van der Waals surface area contributed by atoms with Crippen LogP contribution in [0.4, 0.5) is 4.79 Å². The molecule has 0 heterocycles. The molecule has 1 aromatic carbocycles. The van der Waals surface area contributed by atoms with Crippen molar-refractivity contribution in [2.45, 2.75) is 32.8 Å². The van der Waals surface area contributed by atoms with E-state index < -0.39 is 11.7 Å². The lowest BCUT2D eigenvalue weighted by molar-refractivity contribution is 0.0529. The third-order valence-corrected chi connectivity index (χ3v) is 2.39. The molecule has 19 heavy (non-hydrogen) atoms. The lowest BCUT2D eigenvalue weighted by Gasteiger charge is -2.18. The van der Waals surface area contributed by atoms with Crippen LogP contribution in [0.3, 0.4) is 0 Å². The molecule has 0 aromatic heterocycles. The summed E-state index contributed by atoms with van der Waals surface area (Å²) in [7, 11) is 0. The molecule has 1 aromatic rings. The summed E-state index contributed by atoms with van der Waals surface area (Å²) in [5.41, 5.74) is 8.22. The maximum Gasteiger partial charge on any atom is 0.428 e. The summed E-state index contributed by atoms with van der Waals surface area (Å²) in [5, 5.41) is 4.37. The Morgan fingerprint density at radius 2 is 2.05 bits per heavy atom. The Balaban J connectivity index is 2.55. The first-order valence-electron chi connectivity index (χ1n) is 5.82. The lowest BCUT2D eigenvalue weighted by atomic mass is 10.1. The van der Waals surface area contributed by atoms with Crippen LogP contribution in [0.15, 0.2) is 29.4 Å². The third kappa shape index (κ3) is 6.10. The van der Waals surface area contributed by atoms with Gasteiger partial charge in [0.1, 0.15) is 11.4 Å². The van der Waals surface area contributed by atoms with Crippen LogP contribution in [-0.4, -0.2) is 17.5 Å². The Bertz CT molecular complexity index is 481. The largest absolute Gasteiger partial charge is 0.443 e. The van der Waals surface area contributed by atoms with Crippen LogP contribution in [-0.2, 0) is 11.2 Å². The Morgan fingerprint density at radius 1 is 1.42 bits per heavy atom. The monoisotopic (exact) mass is 283 g/mol. The smallest absolute Gasteiger partial charge is 0.428 e. The van der Waals surface area contributed by atoms with Gasteiger partial charge in [-0.05, 0) is 32.4 Å². The molecule has 0 unspecified atom stereocenters. The molecule has 5 nitrogen and oxygen atoms in total. The number of amides is 1. The van der Waals surface area contributed by atoms with Gasteiger partial charge in [0.15, 0.2) is 0 Å². The molecule has 0 spiro atoms. The molecule has 3 N–H and O–H groups in total. The maximum atomic E-state index is 11.4. The average Bonchev–Trinajstić information content (AvgIpc) is 2.27. The van der Waals surface area contributed by atoms with Crippen LogP contribution in [0, 0.1) is 0 Å². The number of carbonyl (C=O) groups excluding carboxylic acids is 1. The number of nitrogens with two attached hydrogens (primary N) is 1. The van der Waals surface area contributed by atoms with Crippen molar-refractivity contribution < 1.29 is 9.53 Å². The number of hydrogen-bond acceptors (Lipinski definition) is 3. The molecule has 0 saturated heterocycles. The van der Waals surface area contributed by atoms with Crippen molar-refractivity contribution in [1.29, 1.82) is 0 Å². The fraction of sp³-hybridized carbons (Fsp3) is 0.385. The summed E-state index contributed by atoms with van der Waals surface area (Å²) in [6, 6.07) is 7.30. The predicted octanol–water partition coefficient (Wildman–Crippen LogP) is 2.68. The van der Waals surface area contributed by atoms with Gasteiger partial charge in [-0.3, -0.25) is 0 Å². The highest BCUT2D eigenvalue weighted by Crippen LogP contribution is 2.15. The Labute approximate surface area is 117 Å². The minimum absolute atomic E-state index is 0.249. The van der Waals surface area contributed by atoms with Gasteiger partial charge >= 0.3 is 6.09 Å². The van der Waals surface area contributed by atoms with E-state index in [-0.39, 0.29) is 5.84 Å². The second kappa shape index (κ2) is 6.43. The number of hydrazone groups is 1. The Morgan fingerprint density at radius 3 is 2.63 bits per heavy atom. The molecular formula is C13H18ClN3O2. The minimum Gasteiger partial charge on any atom is -0.443 e. The van der Waals surface area contributed by atoms with E-state index in [4.69, 9.17) is 22.1 Å². The van der Waals surface area contributed by atoms with Gasteiger partial charge in [-0.2, -0.15) is 5.10 Å². The van der Waals surface area contributed by atoms with Crippen molar-refractivity contribution >= 4 is 23.5 Å². The van der Waals surface area contributed by atoms with Crippen molar-refractivity contribution in [3.8, 4) is 0 Å². The minimum atomic E-state index is -0.644. The van der Waals surface area contributed by atoms with Crippen LogP contribution in [0.5, 0.6) is 0 Å². The van der Waals surface area contributed by atoms with Gasteiger partial charge in [0.25, 0.3) is 0 Å². The van der Waals surface area contributed by atoms with Crippen LogP contribution in [0.25, 0.3) is 0 Å². The van der Waals surface area contributed by atoms with Gasteiger partial charge in [-0.15, -0.1) is 0 Å². The summed E-state index contributed by atoms with van der Waals surface area (Å²) in [5.74, 6) is 0.249. The number of halogens is 1. The molecule has 1 rings (SSSR count). The standard InChI is InChI=1S/C13H18ClN3O2/c1-13(2,3)19-12(18)17-16-11(15)8-9-6-4-5-7-10(9)14/h4-7H,8H2,1-3H3,(H2,15,16)(H,17,18). The molecule has 0 atom stereocenters. The van der Waals surface area contributed by atoms with E-state index in [0.717, 1.165) is 5.56 Å². The molecule has 0 aliphatic rings. The summed E-state index contributed by atoms with van der Waals surface area (Å²) >= 11 is 6.00. The summed E-state index contributed by atoms with van der Waals surface area (Å²) in [6.45, 7) is 5.30. The van der Waals surface area contributed by atoms with E-state index in [1.54, 1.807) is 26.8 Å². The van der Waals surface area contributed by atoms with Crippen molar-refractivity contribution in [1.82, 2.24) is 5.43 Å². The highest BCUT2D eigenvalue weighted by molar-refractivity contribution is 6.31. The van der Waals surface area contributed by atoms with Gasteiger partial charge < -0.3 is 10.5 Å². The van der Waals surface area contributed by atoms with Gasteiger partial charge in [-0.1, -0.05) is 29.8 Å². The zero-order valence-electron chi connectivity index (χ0n) is 11.2. The average molecular weight is 284 g/mol. The quantitative estimate of drug-likeness (QED) is 0.509.